The van der Waals surface area contributed by atoms with Crippen molar-refractivity contribution in [3.63, 3.8) is 0 Å². The lowest BCUT2D eigenvalue weighted by molar-refractivity contribution is 0.626. The van der Waals surface area contributed by atoms with Crippen LogP contribution in [0.4, 0.5) is 4.39 Å². The minimum atomic E-state index is -0.250. The van der Waals surface area contributed by atoms with Gasteiger partial charge in [0.05, 0.1) is 0 Å². The molecule has 0 aliphatic heterocycles. The highest BCUT2D eigenvalue weighted by Crippen LogP contribution is 2.01. The van der Waals surface area contributed by atoms with Gasteiger partial charge in [-0.1, -0.05) is 25.5 Å². The van der Waals surface area contributed by atoms with Gasteiger partial charge in [-0.2, -0.15) is 0 Å². The molecule has 1 rings (SSSR count). The van der Waals surface area contributed by atoms with E-state index in [1.54, 1.807) is 12.1 Å². The summed E-state index contributed by atoms with van der Waals surface area (Å²) in [5, 5.41) is 6.97. The van der Waals surface area contributed by atoms with Crippen molar-refractivity contribution in [2.75, 3.05) is 6.54 Å². The highest BCUT2D eigenvalue weighted by Gasteiger charge is 1.98. The molecule has 0 fully saturated rings. The van der Waals surface area contributed by atoms with Crippen molar-refractivity contribution < 1.29 is 4.39 Å². The monoisotopic (exact) mass is 314 g/mol. The van der Waals surface area contributed by atoms with Gasteiger partial charge in [0.1, 0.15) is 5.82 Å². The molecule has 0 unspecified atom stereocenters. The Labute approximate surface area is 129 Å². The number of hydrazine groups is 1. The van der Waals surface area contributed by atoms with Gasteiger partial charge in [-0.3, -0.25) is 10.9 Å². The first-order valence-electron chi connectivity index (χ1n) is 6.44. The molecule has 4 nitrogen and oxygen atoms in total. The zero-order valence-electron chi connectivity index (χ0n) is 11.3. The Balaban J connectivity index is 2.17. The van der Waals surface area contributed by atoms with Gasteiger partial charge in [-0.15, -0.1) is 0 Å². The van der Waals surface area contributed by atoms with Crippen LogP contribution in [0.1, 0.15) is 25.3 Å². The highest BCUT2D eigenvalue weighted by atomic mass is 32.1. The van der Waals surface area contributed by atoms with E-state index in [9.17, 15) is 4.39 Å². The number of benzene rings is 1. The molecule has 7 heteroatoms. The van der Waals surface area contributed by atoms with E-state index in [4.69, 9.17) is 24.4 Å². The molecule has 0 aliphatic rings. The molecule has 0 atom stereocenters. The maximum atomic E-state index is 12.7. The molecule has 0 saturated carbocycles. The Bertz CT molecular complexity index is 437. The summed E-state index contributed by atoms with van der Waals surface area (Å²) in [6, 6.07) is 6.24. The van der Waals surface area contributed by atoms with E-state index in [2.05, 4.69) is 28.4 Å². The molecule has 0 amide bonds. The second-order valence-corrected chi connectivity index (χ2v) is 4.99. The Morgan fingerprint density at radius 1 is 1.05 bits per heavy atom. The third kappa shape index (κ3) is 7.20. The van der Waals surface area contributed by atoms with E-state index in [1.165, 1.54) is 12.1 Å². The minimum absolute atomic E-state index is 0.250. The highest BCUT2D eigenvalue weighted by molar-refractivity contribution is 7.80. The summed E-state index contributed by atoms with van der Waals surface area (Å²) in [4.78, 5) is 0. The molecular weight excluding hydrogens is 295 g/mol. The summed E-state index contributed by atoms with van der Waals surface area (Å²) < 4.78 is 12.7. The normalized spacial score (nSPS) is 9.70. The van der Waals surface area contributed by atoms with Crippen LogP contribution in [0.2, 0.25) is 0 Å². The number of nitrogens with one attached hydrogen (secondary N) is 4. The molecule has 20 heavy (non-hydrogen) atoms. The van der Waals surface area contributed by atoms with Crippen LogP contribution in [0.5, 0.6) is 0 Å². The Hall–Kier alpha value is -1.47. The van der Waals surface area contributed by atoms with E-state index in [0.29, 0.717) is 16.8 Å². The molecule has 0 radical (unpaired) electrons. The molecule has 0 spiro atoms. The zero-order chi connectivity index (χ0) is 14.8. The van der Waals surface area contributed by atoms with Crippen molar-refractivity contribution in [2.45, 2.75) is 26.3 Å². The summed E-state index contributed by atoms with van der Waals surface area (Å²) in [6.45, 7) is 3.47. The fourth-order valence-corrected chi connectivity index (χ4v) is 1.64. The zero-order valence-corrected chi connectivity index (χ0v) is 13.0. The van der Waals surface area contributed by atoms with Crippen molar-refractivity contribution >= 4 is 34.7 Å². The van der Waals surface area contributed by atoms with Gasteiger partial charge in [0.15, 0.2) is 10.2 Å². The van der Waals surface area contributed by atoms with Crippen LogP contribution < -0.4 is 21.5 Å². The maximum absolute atomic E-state index is 12.7. The van der Waals surface area contributed by atoms with E-state index < -0.39 is 0 Å². The quantitative estimate of drug-likeness (QED) is 0.379. The number of rotatable bonds is 5. The Morgan fingerprint density at radius 3 is 2.25 bits per heavy atom. The van der Waals surface area contributed by atoms with Gasteiger partial charge in [-0.05, 0) is 48.6 Å². The molecular formula is C13H19FN4S2. The largest absolute Gasteiger partial charge is 0.361 e. The van der Waals surface area contributed by atoms with Crippen molar-refractivity contribution in [1.29, 1.82) is 0 Å². The summed E-state index contributed by atoms with van der Waals surface area (Å²) >= 11 is 10.2. The molecule has 0 aliphatic carbocycles. The predicted octanol–water partition coefficient (Wildman–Crippen LogP) is 1.97. The van der Waals surface area contributed by atoms with Gasteiger partial charge >= 0.3 is 0 Å². The maximum Gasteiger partial charge on any atom is 0.185 e. The van der Waals surface area contributed by atoms with Crippen molar-refractivity contribution in [2.24, 2.45) is 0 Å². The van der Waals surface area contributed by atoms with E-state index in [-0.39, 0.29) is 5.82 Å². The minimum Gasteiger partial charge on any atom is -0.361 e. The molecule has 0 saturated heterocycles. The van der Waals surface area contributed by atoms with E-state index >= 15 is 0 Å². The van der Waals surface area contributed by atoms with Crippen LogP contribution in [0, 0.1) is 5.82 Å². The summed E-state index contributed by atoms with van der Waals surface area (Å²) in [7, 11) is 0. The molecule has 4 N–H and O–H groups in total. The molecule has 1 aromatic rings. The summed E-state index contributed by atoms with van der Waals surface area (Å²) in [5.74, 6) is -0.250. The number of thiocarbonyl (C=S) groups is 2. The SMILES string of the molecule is CCCCNC(=S)NNC(=S)NCc1ccc(F)cc1. The molecule has 0 heterocycles. The smallest absolute Gasteiger partial charge is 0.185 e. The lowest BCUT2D eigenvalue weighted by Crippen LogP contribution is -2.50. The first-order chi connectivity index (χ1) is 9.61. The first kappa shape index (κ1) is 16.6. The van der Waals surface area contributed by atoms with Crippen molar-refractivity contribution in [3.8, 4) is 0 Å². The van der Waals surface area contributed by atoms with E-state index in [1.807, 2.05) is 0 Å². The van der Waals surface area contributed by atoms with Crippen LogP contribution in [0.25, 0.3) is 0 Å². The fraction of sp³-hybridized carbons (Fsp3) is 0.385. The van der Waals surface area contributed by atoms with E-state index in [0.717, 1.165) is 24.9 Å². The van der Waals surface area contributed by atoms with Gasteiger partial charge < -0.3 is 10.6 Å². The lowest BCUT2D eigenvalue weighted by atomic mass is 10.2. The molecule has 1 aromatic carbocycles. The van der Waals surface area contributed by atoms with Crippen LogP contribution in [-0.4, -0.2) is 16.8 Å². The molecule has 110 valence electrons. The van der Waals surface area contributed by atoms with Gasteiger partial charge in [0.25, 0.3) is 0 Å². The number of halogens is 1. The van der Waals surface area contributed by atoms with Gasteiger partial charge in [0.2, 0.25) is 0 Å². The first-order valence-corrected chi connectivity index (χ1v) is 7.25. The third-order valence-corrected chi connectivity index (χ3v) is 2.96. The average Bonchev–Trinajstić information content (AvgIpc) is 2.45. The summed E-state index contributed by atoms with van der Waals surface area (Å²) in [5.41, 5.74) is 6.52. The second kappa shape index (κ2) is 9.44. The topological polar surface area (TPSA) is 48.1 Å². The van der Waals surface area contributed by atoms with Crippen LogP contribution in [0.3, 0.4) is 0 Å². The number of hydrogen-bond donors (Lipinski definition) is 4. The summed E-state index contributed by atoms with van der Waals surface area (Å²) in [6.07, 6.45) is 2.18. The Kier molecular flexibility index (Phi) is 7.82. The van der Waals surface area contributed by atoms with Crippen LogP contribution in [0.15, 0.2) is 24.3 Å². The van der Waals surface area contributed by atoms with Gasteiger partial charge in [-0.25, -0.2) is 4.39 Å². The molecule has 0 bridgehead atoms. The second-order valence-electron chi connectivity index (χ2n) is 4.17. The standard InChI is InChI=1S/C13H19FN4S2/c1-2-3-8-15-12(19)17-18-13(20)16-9-10-4-6-11(14)7-5-10/h4-7H,2-3,8-9H2,1H3,(H2,15,17,19)(H2,16,18,20). The fourth-order valence-electron chi connectivity index (χ4n) is 1.37. The predicted molar refractivity (Wildman–Crippen MR) is 87.6 cm³/mol. The molecule has 0 aromatic heterocycles. The van der Waals surface area contributed by atoms with Gasteiger partial charge in [0, 0.05) is 13.1 Å². The number of hydrogen-bond acceptors (Lipinski definition) is 2. The third-order valence-electron chi connectivity index (χ3n) is 2.47. The van der Waals surface area contributed by atoms with Crippen LogP contribution in [-0.2, 0) is 6.54 Å². The van der Waals surface area contributed by atoms with Crippen LogP contribution >= 0.6 is 24.4 Å². The Morgan fingerprint density at radius 2 is 1.65 bits per heavy atom. The average molecular weight is 314 g/mol. The van der Waals surface area contributed by atoms with Crippen molar-refractivity contribution in [3.05, 3.63) is 35.6 Å². The van der Waals surface area contributed by atoms with Crippen molar-refractivity contribution in [1.82, 2.24) is 21.5 Å². The lowest BCUT2D eigenvalue weighted by Gasteiger charge is -2.14. The number of unbranched alkanes of at least 4 members (excludes halogenated alkanes) is 1.